The molecule has 2 aromatic carbocycles. The number of piperazine rings is 1. The smallest absolute Gasteiger partial charge is 0.253 e. The molecular formula is C27H38ClN3O3. The van der Waals surface area contributed by atoms with Gasteiger partial charge in [-0.05, 0) is 81.3 Å². The topological polar surface area (TPSA) is 56.3 Å². The van der Waals surface area contributed by atoms with E-state index in [1.807, 2.05) is 11.9 Å². The number of carbonyl (C=O) groups is 1. The molecule has 0 bridgehead atoms. The van der Waals surface area contributed by atoms with Crippen molar-refractivity contribution in [3.63, 3.8) is 0 Å². The van der Waals surface area contributed by atoms with Gasteiger partial charge in [-0.1, -0.05) is 17.7 Å². The maximum Gasteiger partial charge on any atom is 0.253 e. The molecule has 34 heavy (non-hydrogen) atoms. The van der Waals surface area contributed by atoms with Gasteiger partial charge in [0.05, 0.1) is 13.2 Å². The highest BCUT2D eigenvalue weighted by Crippen LogP contribution is 2.31. The summed E-state index contributed by atoms with van der Waals surface area (Å²) in [6.07, 6.45) is 0.923. The van der Waals surface area contributed by atoms with Crippen molar-refractivity contribution < 1.29 is 14.6 Å². The number of hydrogen-bond acceptors (Lipinski definition) is 5. The van der Waals surface area contributed by atoms with Crippen molar-refractivity contribution in [3.05, 3.63) is 63.7 Å². The number of nitrogens with zero attached hydrogens (tertiary/aromatic N) is 3. The van der Waals surface area contributed by atoms with Crippen molar-refractivity contribution in [2.24, 2.45) is 0 Å². The lowest BCUT2D eigenvalue weighted by molar-refractivity contribution is 0.0581. The van der Waals surface area contributed by atoms with Gasteiger partial charge in [-0.2, -0.15) is 0 Å². The first-order valence-electron chi connectivity index (χ1n) is 12.1. The summed E-state index contributed by atoms with van der Waals surface area (Å²) in [6.45, 7) is 12.1. The molecule has 1 amide bonds. The number of carbonyl (C=O) groups excluding carboxylic acids is 1. The monoisotopic (exact) mass is 487 g/mol. The van der Waals surface area contributed by atoms with Crippen molar-refractivity contribution >= 4 is 17.5 Å². The predicted octanol–water partition coefficient (Wildman–Crippen LogP) is 4.17. The van der Waals surface area contributed by atoms with Gasteiger partial charge in [0.25, 0.3) is 5.91 Å². The van der Waals surface area contributed by atoms with E-state index in [-0.39, 0.29) is 18.6 Å². The lowest BCUT2D eigenvalue weighted by Gasteiger charge is -2.39. The van der Waals surface area contributed by atoms with E-state index in [0.717, 1.165) is 44.9 Å². The van der Waals surface area contributed by atoms with Gasteiger partial charge < -0.3 is 19.6 Å². The Hall–Kier alpha value is -2.12. The Morgan fingerprint density at radius 2 is 1.74 bits per heavy atom. The molecule has 2 aromatic rings. The fourth-order valence-corrected chi connectivity index (χ4v) is 4.63. The van der Waals surface area contributed by atoms with Gasteiger partial charge in [-0.15, -0.1) is 0 Å². The molecule has 1 heterocycles. The molecule has 1 saturated heterocycles. The molecule has 1 aliphatic heterocycles. The summed E-state index contributed by atoms with van der Waals surface area (Å²) in [7, 11) is 2.01. The first kappa shape index (κ1) is 26.5. The molecule has 1 N–H and O–H groups in total. The van der Waals surface area contributed by atoms with Crippen LogP contribution in [-0.2, 0) is 0 Å². The Labute approximate surface area is 209 Å². The van der Waals surface area contributed by atoms with Crippen molar-refractivity contribution in [2.75, 3.05) is 59.5 Å². The molecule has 0 unspecified atom stereocenters. The number of aliphatic hydroxyl groups is 1. The number of rotatable bonds is 10. The average molecular weight is 488 g/mol. The molecule has 0 aromatic heterocycles. The maximum atomic E-state index is 12.8. The standard InChI is InChI=1S/C27H38ClN3O3/c1-20-21(2)26(34-19-5-12-29(4)17-18-32)11-10-25(20)22(3)30-13-15-31(16-14-30)27(33)23-6-8-24(28)9-7-23/h6-11,22,32H,5,12-19H2,1-4H3/t22-/m1/s1. The van der Waals surface area contributed by atoms with Crippen LogP contribution in [0.1, 0.15) is 46.4 Å². The van der Waals surface area contributed by atoms with E-state index in [2.05, 4.69) is 42.7 Å². The van der Waals surface area contributed by atoms with E-state index in [1.54, 1.807) is 24.3 Å². The molecule has 1 aliphatic rings. The number of ether oxygens (including phenoxy) is 1. The van der Waals surface area contributed by atoms with Crippen molar-refractivity contribution in [1.82, 2.24) is 14.7 Å². The van der Waals surface area contributed by atoms with Crippen molar-refractivity contribution in [3.8, 4) is 5.75 Å². The molecular weight excluding hydrogens is 450 g/mol. The van der Waals surface area contributed by atoms with Crippen LogP contribution in [0.3, 0.4) is 0 Å². The Kier molecular flexibility index (Phi) is 9.77. The zero-order valence-corrected chi connectivity index (χ0v) is 21.6. The van der Waals surface area contributed by atoms with Gasteiger partial charge in [0, 0.05) is 55.9 Å². The van der Waals surface area contributed by atoms with Gasteiger partial charge in [0.1, 0.15) is 5.75 Å². The lowest BCUT2D eigenvalue weighted by Crippen LogP contribution is -2.49. The van der Waals surface area contributed by atoms with E-state index in [0.29, 0.717) is 23.7 Å². The van der Waals surface area contributed by atoms with Crippen LogP contribution in [0.15, 0.2) is 36.4 Å². The highest BCUT2D eigenvalue weighted by atomic mass is 35.5. The van der Waals surface area contributed by atoms with Crippen LogP contribution < -0.4 is 4.74 Å². The van der Waals surface area contributed by atoms with Gasteiger partial charge >= 0.3 is 0 Å². The van der Waals surface area contributed by atoms with Gasteiger partial charge in [-0.25, -0.2) is 0 Å². The summed E-state index contributed by atoms with van der Waals surface area (Å²) in [5.41, 5.74) is 4.45. The third kappa shape index (κ3) is 6.72. The second kappa shape index (κ2) is 12.5. The largest absolute Gasteiger partial charge is 0.493 e. The normalized spacial score (nSPS) is 15.6. The number of aliphatic hydroxyl groups excluding tert-OH is 1. The molecule has 0 spiro atoms. The SMILES string of the molecule is Cc1c(OCCCN(C)CCO)ccc([C@@H](C)N2CCN(C(=O)c3ccc(Cl)cc3)CC2)c1C. The van der Waals surface area contributed by atoms with Crippen LogP contribution in [0.25, 0.3) is 0 Å². The minimum absolute atomic E-state index is 0.0695. The predicted molar refractivity (Wildman–Crippen MR) is 138 cm³/mol. The third-order valence-corrected chi connectivity index (χ3v) is 7.15. The van der Waals surface area contributed by atoms with E-state index in [9.17, 15) is 4.79 Å². The van der Waals surface area contributed by atoms with Crippen LogP contribution in [0.5, 0.6) is 5.75 Å². The number of likely N-dealkylation sites (N-methyl/N-ethyl adjacent to an activating group) is 1. The van der Waals surface area contributed by atoms with Crippen LogP contribution >= 0.6 is 11.6 Å². The van der Waals surface area contributed by atoms with Gasteiger partial charge in [0.15, 0.2) is 0 Å². The summed E-state index contributed by atoms with van der Waals surface area (Å²) < 4.78 is 6.06. The second-order valence-electron chi connectivity index (χ2n) is 9.14. The first-order chi connectivity index (χ1) is 16.3. The summed E-state index contributed by atoms with van der Waals surface area (Å²) in [4.78, 5) is 19.3. The number of amides is 1. The van der Waals surface area contributed by atoms with E-state index in [1.165, 1.54) is 16.7 Å². The van der Waals surface area contributed by atoms with E-state index in [4.69, 9.17) is 21.4 Å². The van der Waals surface area contributed by atoms with E-state index >= 15 is 0 Å². The van der Waals surface area contributed by atoms with Crippen LogP contribution in [0, 0.1) is 13.8 Å². The fraction of sp³-hybridized carbons (Fsp3) is 0.519. The quantitative estimate of drug-likeness (QED) is 0.510. The maximum absolute atomic E-state index is 12.8. The minimum atomic E-state index is 0.0695. The van der Waals surface area contributed by atoms with Crippen molar-refractivity contribution in [1.29, 1.82) is 0 Å². The number of benzene rings is 2. The van der Waals surface area contributed by atoms with Crippen LogP contribution in [-0.4, -0.2) is 85.2 Å². The number of hydrogen-bond donors (Lipinski definition) is 1. The first-order valence-corrected chi connectivity index (χ1v) is 12.5. The average Bonchev–Trinajstić information content (AvgIpc) is 2.84. The second-order valence-corrected chi connectivity index (χ2v) is 9.58. The van der Waals surface area contributed by atoms with Crippen molar-refractivity contribution in [2.45, 2.75) is 33.2 Å². The summed E-state index contributed by atoms with van der Waals surface area (Å²) in [6, 6.07) is 11.7. The molecule has 3 rings (SSSR count). The summed E-state index contributed by atoms with van der Waals surface area (Å²) in [5.74, 6) is 1.01. The lowest BCUT2D eigenvalue weighted by atomic mass is 9.96. The minimum Gasteiger partial charge on any atom is -0.493 e. The van der Waals surface area contributed by atoms with Crippen LogP contribution in [0.2, 0.25) is 5.02 Å². The van der Waals surface area contributed by atoms with Gasteiger partial charge in [0.2, 0.25) is 0 Å². The third-order valence-electron chi connectivity index (χ3n) is 6.89. The Morgan fingerprint density at radius 3 is 2.38 bits per heavy atom. The molecule has 7 heteroatoms. The molecule has 6 nitrogen and oxygen atoms in total. The molecule has 186 valence electrons. The Balaban J connectivity index is 1.54. The zero-order chi connectivity index (χ0) is 24.7. The molecule has 1 atom stereocenters. The Bertz CT molecular complexity index is 943. The van der Waals surface area contributed by atoms with Crippen LogP contribution in [0.4, 0.5) is 0 Å². The zero-order valence-electron chi connectivity index (χ0n) is 20.9. The Morgan fingerprint density at radius 1 is 1.06 bits per heavy atom. The van der Waals surface area contributed by atoms with Gasteiger partial charge in [-0.3, -0.25) is 9.69 Å². The van der Waals surface area contributed by atoms with E-state index < -0.39 is 0 Å². The molecule has 0 radical (unpaired) electrons. The summed E-state index contributed by atoms with van der Waals surface area (Å²) >= 11 is 5.95. The molecule has 0 aliphatic carbocycles. The molecule has 1 fully saturated rings. The highest BCUT2D eigenvalue weighted by molar-refractivity contribution is 6.30. The fourth-order valence-electron chi connectivity index (χ4n) is 4.51. The molecule has 0 saturated carbocycles. The number of halogens is 1. The highest BCUT2D eigenvalue weighted by Gasteiger charge is 2.26. The summed E-state index contributed by atoms with van der Waals surface area (Å²) in [5, 5.41) is 9.64.